The molecule has 1 saturated heterocycles. The van der Waals surface area contributed by atoms with Crippen molar-refractivity contribution in [2.45, 2.75) is 38.8 Å². The maximum atomic E-state index is 15.2. The van der Waals surface area contributed by atoms with Crippen LogP contribution in [0.25, 0.3) is 33.2 Å². The summed E-state index contributed by atoms with van der Waals surface area (Å²) in [6.45, 7) is 6.60. The van der Waals surface area contributed by atoms with Crippen molar-refractivity contribution in [3.8, 4) is 11.1 Å². The zero-order chi connectivity index (χ0) is 23.1. The summed E-state index contributed by atoms with van der Waals surface area (Å²) < 4.78 is 22.6. The standard InChI is InChI=1S/C24H30FN7O/c1-14(13-33-4)28-24-27-12-19-18(11-26-23(19)30-24)16-9-20(25)22-21(10-16)32(15(2)29-22)17-5-7-31(3)8-6-17/h9-12,14,17H,5-8,13H2,1-4H3,(H2,26,27,28,30). The molecular weight excluding hydrogens is 421 g/mol. The smallest absolute Gasteiger partial charge is 0.224 e. The molecule has 174 valence electrons. The maximum Gasteiger partial charge on any atom is 0.224 e. The lowest BCUT2D eigenvalue weighted by molar-refractivity contribution is 0.190. The van der Waals surface area contributed by atoms with E-state index >= 15 is 4.39 Å². The first-order valence-corrected chi connectivity index (χ1v) is 11.4. The number of H-pyrrole nitrogens is 1. The number of halogens is 1. The number of methoxy groups -OCH3 is 1. The second-order valence-electron chi connectivity index (χ2n) is 9.05. The van der Waals surface area contributed by atoms with E-state index in [0.29, 0.717) is 29.8 Å². The highest BCUT2D eigenvalue weighted by Crippen LogP contribution is 2.35. The Morgan fingerprint density at radius 2 is 2.06 bits per heavy atom. The number of piperidine rings is 1. The Balaban J connectivity index is 1.54. The van der Waals surface area contributed by atoms with Crippen LogP contribution < -0.4 is 5.32 Å². The van der Waals surface area contributed by atoms with Crippen molar-refractivity contribution in [2.75, 3.05) is 39.2 Å². The van der Waals surface area contributed by atoms with Gasteiger partial charge >= 0.3 is 0 Å². The minimum absolute atomic E-state index is 0.0847. The van der Waals surface area contributed by atoms with Gasteiger partial charge < -0.3 is 24.5 Å². The van der Waals surface area contributed by atoms with E-state index in [1.54, 1.807) is 19.4 Å². The summed E-state index contributed by atoms with van der Waals surface area (Å²) in [5.74, 6) is 1.08. The fourth-order valence-corrected chi connectivity index (χ4v) is 4.87. The topological polar surface area (TPSA) is 83.9 Å². The predicted molar refractivity (Wildman–Crippen MR) is 128 cm³/mol. The molecule has 1 unspecified atom stereocenters. The van der Waals surface area contributed by atoms with Gasteiger partial charge in [-0.15, -0.1) is 0 Å². The number of ether oxygens (including phenoxy) is 1. The van der Waals surface area contributed by atoms with Crippen molar-refractivity contribution in [1.29, 1.82) is 0 Å². The van der Waals surface area contributed by atoms with Gasteiger partial charge in [-0.3, -0.25) is 0 Å². The van der Waals surface area contributed by atoms with E-state index in [0.717, 1.165) is 53.8 Å². The number of anilines is 1. The first-order valence-electron chi connectivity index (χ1n) is 11.4. The van der Waals surface area contributed by atoms with Gasteiger partial charge in [-0.1, -0.05) is 0 Å². The van der Waals surface area contributed by atoms with Gasteiger partial charge in [0, 0.05) is 42.5 Å². The van der Waals surface area contributed by atoms with Gasteiger partial charge in [-0.25, -0.2) is 14.4 Å². The number of fused-ring (bicyclic) bond motifs is 2. The second kappa shape index (κ2) is 8.72. The molecule has 0 radical (unpaired) electrons. The van der Waals surface area contributed by atoms with Crippen LogP contribution in [0.3, 0.4) is 0 Å². The van der Waals surface area contributed by atoms with Crippen molar-refractivity contribution in [1.82, 2.24) is 29.4 Å². The van der Waals surface area contributed by atoms with Crippen molar-refractivity contribution in [2.24, 2.45) is 0 Å². The number of hydrogen-bond donors (Lipinski definition) is 2. The molecule has 4 aromatic rings. The number of aryl methyl sites for hydroxylation is 1. The summed E-state index contributed by atoms with van der Waals surface area (Å²) in [5.41, 5.74) is 3.64. The molecule has 5 rings (SSSR count). The highest BCUT2D eigenvalue weighted by molar-refractivity contribution is 5.96. The normalized spacial score (nSPS) is 16.6. The highest BCUT2D eigenvalue weighted by Gasteiger charge is 2.24. The number of benzene rings is 1. The number of nitrogens with one attached hydrogen (secondary N) is 2. The SMILES string of the molecule is COCC(C)Nc1ncc2c(-c3cc(F)c4nc(C)n(C5CCN(C)CC5)c4c3)c[nH]c2n1. The van der Waals surface area contributed by atoms with Gasteiger partial charge in [0.2, 0.25) is 5.95 Å². The highest BCUT2D eigenvalue weighted by atomic mass is 19.1. The second-order valence-corrected chi connectivity index (χ2v) is 9.05. The lowest BCUT2D eigenvalue weighted by Gasteiger charge is -2.30. The van der Waals surface area contributed by atoms with Crippen molar-refractivity contribution in [3.63, 3.8) is 0 Å². The van der Waals surface area contributed by atoms with Gasteiger partial charge in [0.05, 0.1) is 12.1 Å². The first kappa shape index (κ1) is 21.8. The molecule has 1 aromatic carbocycles. The summed E-state index contributed by atoms with van der Waals surface area (Å²) in [6.07, 6.45) is 5.71. The zero-order valence-corrected chi connectivity index (χ0v) is 19.5. The predicted octanol–water partition coefficient (Wildman–Crippen LogP) is 4.14. The first-order chi connectivity index (χ1) is 15.9. The van der Waals surface area contributed by atoms with Gasteiger partial charge in [0.15, 0.2) is 5.82 Å². The Morgan fingerprint density at radius 1 is 1.27 bits per heavy atom. The molecule has 1 aliphatic rings. The third-order valence-electron chi connectivity index (χ3n) is 6.51. The zero-order valence-electron chi connectivity index (χ0n) is 19.5. The minimum atomic E-state index is -0.306. The average molecular weight is 452 g/mol. The molecule has 0 spiro atoms. The number of nitrogens with zero attached hydrogens (tertiary/aromatic N) is 5. The van der Waals surface area contributed by atoms with Crippen LogP contribution in [0.15, 0.2) is 24.5 Å². The lowest BCUT2D eigenvalue weighted by Crippen LogP contribution is -2.31. The molecule has 1 aliphatic heterocycles. The third-order valence-corrected chi connectivity index (χ3v) is 6.51. The van der Waals surface area contributed by atoms with Gasteiger partial charge in [-0.2, -0.15) is 4.98 Å². The molecule has 0 bridgehead atoms. The van der Waals surface area contributed by atoms with Crippen LogP contribution in [-0.2, 0) is 4.74 Å². The number of hydrogen-bond acceptors (Lipinski definition) is 6. The average Bonchev–Trinajstić information content (AvgIpc) is 3.35. The molecule has 8 nitrogen and oxygen atoms in total. The van der Waals surface area contributed by atoms with E-state index in [2.05, 4.69) is 41.8 Å². The number of aromatic amines is 1. The maximum absolute atomic E-state index is 15.2. The molecule has 0 saturated carbocycles. The van der Waals surface area contributed by atoms with Gasteiger partial charge in [-0.05, 0) is 64.5 Å². The number of aromatic nitrogens is 5. The summed E-state index contributed by atoms with van der Waals surface area (Å²) in [5, 5.41) is 4.07. The van der Waals surface area contributed by atoms with E-state index in [1.807, 2.05) is 26.1 Å². The Morgan fingerprint density at radius 3 is 2.82 bits per heavy atom. The molecule has 3 aromatic heterocycles. The molecule has 1 fully saturated rings. The third kappa shape index (κ3) is 4.06. The van der Waals surface area contributed by atoms with Crippen LogP contribution in [0.2, 0.25) is 0 Å². The Bertz CT molecular complexity index is 1290. The molecule has 4 heterocycles. The molecule has 0 aliphatic carbocycles. The van der Waals surface area contributed by atoms with Crippen LogP contribution >= 0.6 is 0 Å². The summed E-state index contributed by atoms with van der Waals surface area (Å²) >= 11 is 0. The molecule has 33 heavy (non-hydrogen) atoms. The molecule has 2 N–H and O–H groups in total. The van der Waals surface area contributed by atoms with Crippen LogP contribution in [0.5, 0.6) is 0 Å². The largest absolute Gasteiger partial charge is 0.383 e. The van der Waals surface area contributed by atoms with Crippen LogP contribution in [0, 0.1) is 12.7 Å². The summed E-state index contributed by atoms with van der Waals surface area (Å²) in [4.78, 5) is 19.2. The fraction of sp³-hybridized carbons (Fsp3) is 0.458. The van der Waals surface area contributed by atoms with Crippen LogP contribution in [0.4, 0.5) is 10.3 Å². The molecule has 1 atom stereocenters. The monoisotopic (exact) mass is 451 g/mol. The quantitative estimate of drug-likeness (QED) is 0.459. The lowest BCUT2D eigenvalue weighted by atomic mass is 10.0. The fourth-order valence-electron chi connectivity index (χ4n) is 4.87. The number of rotatable bonds is 6. The Labute approximate surface area is 192 Å². The van der Waals surface area contributed by atoms with E-state index in [-0.39, 0.29) is 11.9 Å². The Kier molecular flexibility index (Phi) is 5.76. The molecule has 0 amide bonds. The van der Waals surface area contributed by atoms with Crippen molar-refractivity contribution in [3.05, 3.63) is 36.2 Å². The number of likely N-dealkylation sites (tertiary alicyclic amines) is 1. The van der Waals surface area contributed by atoms with Crippen LogP contribution in [0.1, 0.15) is 31.6 Å². The van der Waals surface area contributed by atoms with Crippen LogP contribution in [-0.4, -0.2) is 69.3 Å². The van der Waals surface area contributed by atoms with E-state index < -0.39 is 0 Å². The summed E-state index contributed by atoms with van der Waals surface area (Å²) in [7, 11) is 3.81. The van der Waals surface area contributed by atoms with E-state index in [4.69, 9.17) is 4.74 Å². The van der Waals surface area contributed by atoms with Gasteiger partial charge in [0.25, 0.3) is 0 Å². The Hall–Kier alpha value is -3.04. The van der Waals surface area contributed by atoms with Gasteiger partial charge in [0.1, 0.15) is 17.0 Å². The molecular formula is C24H30FN7O. The number of imidazole rings is 1. The van der Waals surface area contributed by atoms with E-state index in [1.165, 1.54) is 0 Å². The summed E-state index contributed by atoms with van der Waals surface area (Å²) in [6, 6.07) is 4.02. The van der Waals surface area contributed by atoms with Crippen molar-refractivity contribution < 1.29 is 9.13 Å². The minimum Gasteiger partial charge on any atom is -0.383 e. The molecule has 9 heteroatoms. The van der Waals surface area contributed by atoms with Crippen molar-refractivity contribution >= 4 is 28.0 Å². The van der Waals surface area contributed by atoms with E-state index in [9.17, 15) is 0 Å².